The van der Waals surface area contributed by atoms with Crippen LogP contribution < -0.4 is 0 Å². The second-order valence-corrected chi connectivity index (χ2v) is 4.64. The standard InChI is InChI=1S/C12H10ClFO2/c13-9-5-8(14)3-7-4-10(16-12(7)9)11(15)6-1-2-6/h3-6,11,15H,1-2H2. The van der Waals surface area contributed by atoms with E-state index in [1.807, 2.05) is 0 Å². The van der Waals surface area contributed by atoms with Crippen molar-refractivity contribution in [2.45, 2.75) is 18.9 Å². The van der Waals surface area contributed by atoms with Crippen LogP contribution in [0.1, 0.15) is 24.7 Å². The number of rotatable bonds is 2. The second-order valence-electron chi connectivity index (χ2n) is 4.24. The molecule has 1 fully saturated rings. The fraction of sp³-hybridized carbons (Fsp3) is 0.333. The Morgan fingerprint density at radius 3 is 2.81 bits per heavy atom. The van der Waals surface area contributed by atoms with E-state index in [2.05, 4.69) is 0 Å². The molecule has 2 nitrogen and oxygen atoms in total. The van der Waals surface area contributed by atoms with Gasteiger partial charge in [0.05, 0.1) is 5.02 Å². The summed E-state index contributed by atoms with van der Waals surface area (Å²) in [6, 6.07) is 4.22. The van der Waals surface area contributed by atoms with Gasteiger partial charge < -0.3 is 9.52 Å². The van der Waals surface area contributed by atoms with E-state index in [1.54, 1.807) is 6.07 Å². The molecular formula is C12H10ClFO2. The highest BCUT2D eigenvalue weighted by Crippen LogP contribution is 2.42. The quantitative estimate of drug-likeness (QED) is 0.869. The molecule has 4 heteroatoms. The monoisotopic (exact) mass is 240 g/mol. The van der Waals surface area contributed by atoms with Gasteiger partial charge in [-0.2, -0.15) is 0 Å². The van der Waals surface area contributed by atoms with Gasteiger partial charge in [-0.3, -0.25) is 0 Å². The normalized spacial score (nSPS) is 17.9. The van der Waals surface area contributed by atoms with Crippen LogP contribution in [0.3, 0.4) is 0 Å². The van der Waals surface area contributed by atoms with Crippen molar-refractivity contribution in [2.75, 3.05) is 0 Å². The topological polar surface area (TPSA) is 33.4 Å². The fourth-order valence-corrected chi connectivity index (χ4v) is 2.14. The Balaban J connectivity index is 2.11. The number of halogens is 2. The van der Waals surface area contributed by atoms with Crippen molar-refractivity contribution in [1.29, 1.82) is 0 Å². The summed E-state index contributed by atoms with van der Waals surface area (Å²) in [5.74, 6) is 0.361. The van der Waals surface area contributed by atoms with E-state index in [0.29, 0.717) is 16.7 Å². The SMILES string of the molecule is OC(c1cc2cc(F)cc(Cl)c2o1)C1CC1. The lowest BCUT2D eigenvalue weighted by molar-refractivity contribution is 0.129. The molecule has 0 spiro atoms. The van der Waals surface area contributed by atoms with E-state index in [4.69, 9.17) is 16.0 Å². The molecule has 0 aliphatic heterocycles. The van der Waals surface area contributed by atoms with Gasteiger partial charge in [-0.05, 0) is 37.0 Å². The van der Waals surface area contributed by atoms with Crippen molar-refractivity contribution in [2.24, 2.45) is 5.92 Å². The third-order valence-corrected chi connectivity index (χ3v) is 3.20. The summed E-state index contributed by atoms with van der Waals surface area (Å²) in [5.41, 5.74) is 0.442. The largest absolute Gasteiger partial charge is 0.457 e. The lowest BCUT2D eigenvalue weighted by Gasteiger charge is -2.03. The Labute approximate surface area is 96.6 Å². The van der Waals surface area contributed by atoms with E-state index in [9.17, 15) is 9.50 Å². The van der Waals surface area contributed by atoms with Crippen LogP contribution in [-0.4, -0.2) is 5.11 Å². The van der Waals surface area contributed by atoms with Gasteiger partial charge in [-0.1, -0.05) is 11.6 Å². The molecule has 1 aromatic carbocycles. The van der Waals surface area contributed by atoms with Crippen molar-refractivity contribution >= 4 is 22.6 Å². The molecule has 0 bridgehead atoms. The summed E-state index contributed by atoms with van der Waals surface area (Å²) in [5, 5.41) is 10.7. The van der Waals surface area contributed by atoms with Crippen molar-refractivity contribution in [1.82, 2.24) is 0 Å². The van der Waals surface area contributed by atoms with Crippen LogP contribution in [0, 0.1) is 11.7 Å². The van der Waals surface area contributed by atoms with Gasteiger partial charge in [0.2, 0.25) is 0 Å². The third kappa shape index (κ3) is 1.60. The number of fused-ring (bicyclic) bond motifs is 1. The first kappa shape index (κ1) is 10.1. The summed E-state index contributed by atoms with van der Waals surface area (Å²) >= 11 is 5.86. The van der Waals surface area contributed by atoms with E-state index < -0.39 is 11.9 Å². The van der Waals surface area contributed by atoms with E-state index in [-0.39, 0.29) is 10.9 Å². The smallest absolute Gasteiger partial charge is 0.153 e. The molecule has 1 atom stereocenters. The van der Waals surface area contributed by atoms with Gasteiger partial charge in [-0.25, -0.2) is 4.39 Å². The summed E-state index contributed by atoms with van der Waals surface area (Å²) in [4.78, 5) is 0. The predicted molar refractivity (Wildman–Crippen MR) is 58.9 cm³/mol. The van der Waals surface area contributed by atoms with Gasteiger partial charge in [0, 0.05) is 5.39 Å². The minimum Gasteiger partial charge on any atom is -0.457 e. The van der Waals surface area contributed by atoms with Crippen LogP contribution >= 0.6 is 11.6 Å². The zero-order valence-corrected chi connectivity index (χ0v) is 9.17. The zero-order chi connectivity index (χ0) is 11.3. The maximum absolute atomic E-state index is 13.1. The summed E-state index contributed by atoms with van der Waals surface area (Å²) in [7, 11) is 0. The number of hydrogen-bond acceptors (Lipinski definition) is 2. The van der Waals surface area contributed by atoms with Crippen molar-refractivity contribution in [3.05, 3.63) is 34.8 Å². The Kier molecular flexibility index (Phi) is 2.19. The van der Waals surface area contributed by atoms with E-state index >= 15 is 0 Å². The molecule has 84 valence electrons. The molecule has 0 amide bonds. The van der Waals surface area contributed by atoms with Crippen molar-refractivity contribution < 1.29 is 13.9 Å². The first-order valence-electron chi connectivity index (χ1n) is 5.21. The number of furan rings is 1. The van der Waals surface area contributed by atoms with E-state index in [0.717, 1.165) is 12.8 Å². The molecule has 1 N–H and O–H groups in total. The van der Waals surface area contributed by atoms with Crippen LogP contribution in [0.25, 0.3) is 11.0 Å². The van der Waals surface area contributed by atoms with Crippen LogP contribution in [-0.2, 0) is 0 Å². The number of aliphatic hydroxyl groups excluding tert-OH is 1. The number of hydrogen-bond donors (Lipinski definition) is 1. The van der Waals surface area contributed by atoms with Gasteiger partial charge in [-0.15, -0.1) is 0 Å². The van der Waals surface area contributed by atoms with Gasteiger partial charge in [0.25, 0.3) is 0 Å². The van der Waals surface area contributed by atoms with Crippen molar-refractivity contribution in [3.63, 3.8) is 0 Å². The number of benzene rings is 1. The van der Waals surface area contributed by atoms with Crippen LogP contribution in [0.5, 0.6) is 0 Å². The molecular weight excluding hydrogens is 231 g/mol. The summed E-state index contributed by atoms with van der Waals surface area (Å²) in [6.45, 7) is 0. The highest BCUT2D eigenvalue weighted by molar-refractivity contribution is 6.34. The molecule has 1 unspecified atom stereocenters. The fourth-order valence-electron chi connectivity index (χ4n) is 1.89. The molecule has 1 heterocycles. The maximum atomic E-state index is 13.1. The van der Waals surface area contributed by atoms with Crippen LogP contribution in [0.2, 0.25) is 5.02 Å². The third-order valence-electron chi connectivity index (χ3n) is 2.91. The molecule has 0 radical (unpaired) electrons. The minimum atomic E-state index is -0.591. The average Bonchev–Trinajstić information content (AvgIpc) is 2.97. The average molecular weight is 241 g/mol. The van der Waals surface area contributed by atoms with Crippen LogP contribution in [0.15, 0.2) is 22.6 Å². The zero-order valence-electron chi connectivity index (χ0n) is 8.41. The van der Waals surface area contributed by atoms with E-state index in [1.165, 1.54) is 12.1 Å². The molecule has 1 aromatic heterocycles. The highest BCUT2D eigenvalue weighted by atomic mass is 35.5. The first-order chi connectivity index (χ1) is 7.65. The summed E-state index contributed by atoms with van der Waals surface area (Å²) < 4.78 is 18.6. The predicted octanol–water partition coefficient (Wildman–Crippen LogP) is 3.67. The lowest BCUT2D eigenvalue weighted by atomic mass is 10.1. The molecule has 16 heavy (non-hydrogen) atoms. The Morgan fingerprint density at radius 2 is 2.12 bits per heavy atom. The maximum Gasteiger partial charge on any atom is 0.153 e. The minimum absolute atomic E-state index is 0.240. The summed E-state index contributed by atoms with van der Waals surface area (Å²) in [6.07, 6.45) is 1.44. The first-order valence-corrected chi connectivity index (χ1v) is 5.59. The number of aliphatic hydroxyl groups is 1. The van der Waals surface area contributed by atoms with Gasteiger partial charge in [0.1, 0.15) is 17.7 Å². The van der Waals surface area contributed by atoms with Gasteiger partial charge in [0.15, 0.2) is 5.58 Å². The van der Waals surface area contributed by atoms with Gasteiger partial charge >= 0.3 is 0 Å². The van der Waals surface area contributed by atoms with Crippen LogP contribution in [0.4, 0.5) is 4.39 Å². The lowest BCUT2D eigenvalue weighted by Crippen LogP contribution is -1.96. The second kappa shape index (κ2) is 3.47. The Bertz CT molecular complexity index is 545. The molecule has 3 rings (SSSR count). The molecule has 1 aliphatic rings. The Morgan fingerprint density at radius 1 is 1.38 bits per heavy atom. The molecule has 1 aliphatic carbocycles. The molecule has 0 saturated heterocycles. The highest BCUT2D eigenvalue weighted by Gasteiger charge is 2.33. The molecule has 2 aromatic rings. The molecule has 1 saturated carbocycles. The van der Waals surface area contributed by atoms with Crippen molar-refractivity contribution in [3.8, 4) is 0 Å². The Hall–Kier alpha value is -1.06.